The molecular formula is C14H24BrNS. The molecule has 0 aliphatic rings. The Hall–Kier alpha value is 0.140. The summed E-state index contributed by atoms with van der Waals surface area (Å²) in [5, 5.41) is 0. The van der Waals surface area contributed by atoms with Crippen molar-refractivity contribution in [3.05, 3.63) is 20.3 Å². The molecule has 0 spiro atoms. The van der Waals surface area contributed by atoms with Gasteiger partial charge in [-0.25, -0.2) is 0 Å². The first-order chi connectivity index (χ1) is 8.15. The Morgan fingerprint density at radius 1 is 1.24 bits per heavy atom. The van der Waals surface area contributed by atoms with Gasteiger partial charge >= 0.3 is 0 Å². The standard InChI is InChI=1S/C14H24BrNS/c1-3-4-5-6-7-8-9-13(16)12-10-14(15)17-11(12)2/h10,13H,3-9,16H2,1-2H3. The van der Waals surface area contributed by atoms with Crippen LogP contribution in [0.4, 0.5) is 0 Å². The number of thiophene rings is 1. The number of hydrogen-bond donors (Lipinski definition) is 1. The van der Waals surface area contributed by atoms with Gasteiger partial charge in [0.1, 0.15) is 0 Å². The molecule has 98 valence electrons. The van der Waals surface area contributed by atoms with Crippen molar-refractivity contribution in [2.45, 2.75) is 64.8 Å². The molecule has 1 aromatic rings. The summed E-state index contributed by atoms with van der Waals surface area (Å²) < 4.78 is 1.20. The van der Waals surface area contributed by atoms with Crippen molar-refractivity contribution in [2.24, 2.45) is 5.73 Å². The van der Waals surface area contributed by atoms with Gasteiger partial charge in [0, 0.05) is 10.9 Å². The Bertz CT molecular complexity index is 322. The molecule has 1 aromatic heterocycles. The maximum atomic E-state index is 6.24. The molecule has 0 aromatic carbocycles. The van der Waals surface area contributed by atoms with E-state index in [1.165, 1.54) is 52.8 Å². The third kappa shape index (κ3) is 5.54. The van der Waals surface area contributed by atoms with Crippen molar-refractivity contribution in [1.29, 1.82) is 0 Å². The summed E-state index contributed by atoms with van der Waals surface area (Å²) in [6.45, 7) is 4.42. The van der Waals surface area contributed by atoms with E-state index >= 15 is 0 Å². The van der Waals surface area contributed by atoms with E-state index in [-0.39, 0.29) is 6.04 Å². The lowest BCUT2D eigenvalue weighted by Crippen LogP contribution is -2.10. The molecule has 0 aliphatic heterocycles. The first kappa shape index (κ1) is 15.2. The minimum absolute atomic E-state index is 0.226. The fourth-order valence-electron chi connectivity index (χ4n) is 2.13. The van der Waals surface area contributed by atoms with Crippen LogP contribution >= 0.6 is 27.3 Å². The summed E-state index contributed by atoms with van der Waals surface area (Å²) in [6, 6.07) is 2.41. The van der Waals surface area contributed by atoms with Crippen molar-refractivity contribution in [1.82, 2.24) is 0 Å². The van der Waals surface area contributed by atoms with Crippen LogP contribution in [0.2, 0.25) is 0 Å². The Labute approximate surface area is 118 Å². The molecule has 0 fully saturated rings. The minimum Gasteiger partial charge on any atom is -0.324 e. The maximum Gasteiger partial charge on any atom is 0.0704 e. The molecule has 17 heavy (non-hydrogen) atoms. The number of halogens is 1. The zero-order valence-electron chi connectivity index (χ0n) is 11.0. The van der Waals surface area contributed by atoms with Crippen LogP contribution in [-0.2, 0) is 0 Å². The summed E-state index contributed by atoms with van der Waals surface area (Å²) in [7, 11) is 0. The summed E-state index contributed by atoms with van der Waals surface area (Å²) in [6.07, 6.45) is 9.16. The minimum atomic E-state index is 0.226. The van der Waals surface area contributed by atoms with Crippen LogP contribution in [0.15, 0.2) is 9.85 Å². The van der Waals surface area contributed by atoms with E-state index in [1.54, 1.807) is 11.3 Å². The highest BCUT2D eigenvalue weighted by Gasteiger charge is 2.11. The van der Waals surface area contributed by atoms with Crippen LogP contribution in [0.3, 0.4) is 0 Å². The molecule has 0 amide bonds. The zero-order valence-corrected chi connectivity index (χ0v) is 13.4. The summed E-state index contributed by atoms with van der Waals surface area (Å²) in [4.78, 5) is 1.36. The van der Waals surface area contributed by atoms with Gasteiger partial charge in [-0.05, 0) is 40.9 Å². The zero-order chi connectivity index (χ0) is 12.7. The van der Waals surface area contributed by atoms with E-state index in [0.29, 0.717) is 0 Å². The second-order valence-corrected chi connectivity index (χ2v) is 7.36. The van der Waals surface area contributed by atoms with Gasteiger partial charge in [-0.2, -0.15) is 0 Å². The Morgan fingerprint density at radius 2 is 1.88 bits per heavy atom. The fourth-order valence-corrected chi connectivity index (χ4v) is 3.91. The van der Waals surface area contributed by atoms with Gasteiger partial charge in [-0.3, -0.25) is 0 Å². The molecule has 1 unspecified atom stereocenters. The van der Waals surface area contributed by atoms with Crippen LogP contribution in [0.5, 0.6) is 0 Å². The molecular weight excluding hydrogens is 294 g/mol. The number of nitrogens with two attached hydrogens (primary N) is 1. The van der Waals surface area contributed by atoms with Crippen LogP contribution in [0, 0.1) is 6.92 Å². The Kier molecular flexibility index (Phi) is 7.40. The van der Waals surface area contributed by atoms with Gasteiger partial charge in [0.15, 0.2) is 0 Å². The van der Waals surface area contributed by atoms with E-state index in [9.17, 15) is 0 Å². The molecule has 0 bridgehead atoms. The van der Waals surface area contributed by atoms with Gasteiger partial charge in [0.2, 0.25) is 0 Å². The smallest absolute Gasteiger partial charge is 0.0704 e. The van der Waals surface area contributed by atoms with Crippen molar-refractivity contribution < 1.29 is 0 Å². The van der Waals surface area contributed by atoms with Gasteiger partial charge in [0.25, 0.3) is 0 Å². The predicted molar refractivity (Wildman–Crippen MR) is 81.7 cm³/mol. The Balaban J connectivity index is 2.21. The molecule has 1 nitrogen and oxygen atoms in total. The van der Waals surface area contributed by atoms with Gasteiger partial charge in [0.05, 0.1) is 3.79 Å². The number of hydrogen-bond acceptors (Lipinski definition) is 2. The maximum absolute atomic E-state index is 6.24. The average Bonchev–Trinajstić information content (AvgIpc) is 2.62. The molecule has 0 radical (unpaired) electrons. The highest BCUT2D eigenvalue weighted by molar-refractivity contribution is 9.11. The second-order valence-electron chi connectivity index (χ2n) is 4.72. The number of aryl methyl sites for hydroxylation is 1. The molecule has 1 rings (SSSR count). The SMILES string of the molecule is CCCCCCCCC(N)c1cc(Br)sc1C. The van der Waals surface area contributed by atoms with E-state index in [0.717, 1.165) is 6.42 Å². The third-order valence-electron chi connectivity index (χ3n) is 3.19. The summed E-state index contributed by atoms with van der Waals surface area (Å²) in [5.41, 5.74) is 7.57. The first-order valence-corrected chi connectivity index (χ1v) is 8.27. The summed E-state index contributed by atoms with van der Waals surface area (Å²) >= 11 is 5.31. The van der Waals surface area contributed by atoms with Crippen molar-refractivity contribution in [3.63, 3.8) is 0 Å². The van der Waals surface area contributed by atoms with Crippen molar-refractivity contribution >= 4 is 27.3 Å². The molecule has 0 saturated carbocycles. The Morgan fingerprint density at radius 3 is 2.47 bits per heavy atom. The lowest BCUT2D eigenvalue weighted by Gasteiger charge is -2.11. The summed E-state index contributed by atoms with van der Waals surface area (Å²) in [5.74, 6) is 0. The fraction of sp³-hybridized carbons (Fsp3) is 0.714. The molecule has 2 N–H and O–H groups in total. The van der Waals surface area contributed by atoms with E-state index in [4.69, 9.17) is 5.73 Å². The second kappa shape index (κ2) is 8.28. The van der Waals surface area contributed by atoms with Crippen LogP contribution < -0.4 is 5.73 Å². The largest absolute Gasteiger partial charge is 0.324 e. The van der Waals surface area contributed by atoms with Gasteiger partial charge in [-0.15, -0.1) is 11.3 Å². The number of unbranched alkanes of at least 4 members (excludes halogenated alkanes) is 5. The lowest BCUT2D eigenvalue weighted by atomic mass is 10.0. The van der Waals surface area contributed by atoms with Crippen molar-refractivity contribution in [2.75, 3.05) is 0 Å². The molecule has 3 heteroatoms. The van der Waals surface area contributed by atoms with E-state index < -0.39 is 0 Å². The monoisotopic (exact) mass is 317 g/mol. The van der Waals surface area contributed by atoms with E-state index in [1.807, 2.05) is 0 Å². The first-order valence-electron chi connectivity index (χ1n) is 6.66. The normalized spacial score (nSPS) is 12.9. The van der Waals surface area contributed by atoms with Crippen LogP contribution in [0.25, 0.3) is 0 Å². The topological polar surface area (TPSA) is 26.0 Å². The molecule has 1 heterocycles. The van der Waals surface area contributed by atoms with Gasteiger partial charge in [-0.1, -0.05) is 45.4 Å². The lowest BCUT2D eigenvalue weighted by molar-refractivity contribution is 0.547. The highest BCUT2D eigenvalue weighted by atomic mass is 79.9. The highest BCUT2D eigenvalue weighted by Crippen LogP contribution is 2.31. The quantitative estimate of drug-likeness (QED) is 0.623. The van der Waals surface area contributed by atoms with Crippen molar-refractivity contribution in [3.8, 4) is 0 Å². The third-order valence-corrected chi connectivity index (χ3v) is 4.76. The molecule has 0 saturated heterocycles. The van der Waals surface area contributed by atoms with Gasteiger partial charge < -0.3 is 5.73 Å². The van der Waals surface area contributed by atoms with Crippen LogP contribution in [0.1, 0.15) is 68.4 Å². The van der Waals surface area contributed by atoms with Crippen LogP contribution in [-0.4, -0.2) is 0 Å². The average molecular weight is 318 g/mol. The van der Waals surface area contributed by atoms with E-state index in [2.05, 4.69) is 35.8 Å². The number of rotatable bonds is 8. The predicted octanol–water partition coefficient (Wildman–Crippen LogP) is 5.57. The molecule has 0 aliphatic carbocycles. The molecule has 1 atom stereocenters.